The van der Waals surface area contributed by atoms with Gasteiger partial charge in [-0.05, 0) is 26.3 Å². The lowest BCUT2D eigenvalue weighted by Gasteiger charge is -2.21. The summed E-state index contributed by atoms with van der Waals surface area (Å²) in [5.41, 5.74) is 1.03. The lowest BCUT2D eigenvalue weighted by atomic mass is 9.99. The molecule has 0 spiro atoms. The van der Waals surface area contributed by atoms with E-state index in [1.807, 2.05) is 13.0 Å². The summed E-state index contributed by atoms with van der Waals surface area (Å²) in [6.07, 6.45) is 1.78. The Balaban J connectivity index is 2.10. The fourth-order valence-corrected chi connectivity index (χ4v) is 2.23. The van der Waals surface area contributed by atoms with Crippen LogP contribution in [0.25, 0.3) is 0 Å². The molecule has 0 bridgehead atoms. The van der Waals surface area contributed by atoms with Gasteiger partial charge in [-0.3, -0.25) is 0 Å². The van der Waals surface area contributed by atoms with E-state index in [4.69, 9.17) is 0 Å². The predicted molar refractivity (Wildman–Crippen MR) is 60.7 cm³/mol. The molecule has 1 saturated heterocycles. The Bertz CT molecular complexity index is 357. The average Bonchev–Trinajstić information content (AvgIpc) is 2.70. The van der Waals surface area contributed by atoms with Gasteiger partial charge in [0.15, 0.2) is 0 Å². The summed E-state index contributed by atoms with van der Waals surface area (Å²) in [5.74, 6) is -2.71. The number of nitrogens with one attached hydrogen (secondary N) is 1. The summed E-state index contributed by atoms with van der Waals surface area (Å²) >= 11 is 0. The molecule has 1 unspecified atom stereocenters. The minimum absolute atomic E-state index is 0.0319. The van der Waals surface area contributed by atoms with Gasteiger partial charge in [-0.2, -0.15) is 0 Å². The molecule has 2 rings (SSSR count). The van der Waals surface area contributed by atoms with Crippen LogP contribution >= 0.6 is 0 Å². The molecule has 3 heteroatoms. The largest absolute Gasteiger partial charge is 0.314 e. The summed E-state index contributed by atoms with van der Waals surface area (Å²) in [4.78, 5) is 0. The van der Waals surface area contributed by atoms with E-state index < -0.39 is 5.92 Å². The minimum Gasteiger partial charge on any atom is -0.314 e. The summed E-state index contributed by atoms with van der Waals surface area (Å²) in [6, 6.07) is 6.60. The second kappa shape index (κ2) is 4.50. The van der Waals surface area contributed by atoms with Crippen molar-refractivity contribution in [1.82, 2.24) is 5.32 Å². The van der Waals surface area contributed by atoms with E-state index in [1.165, 1.54) is 6.07 Å². The van der Waals surface area contributed by atoms with Gasteiger partial charge in [0.1, 0.15) is 0 Å². The highest BCUT2D eigenvalue weighted by molar-refractivity contribution is 5.26. The van der Waals surface area contributed by atoms with Crippen LogP contribution in [0.3, 0.4) is 0 Å². The van der Waals surface area contributed by atoms with E-state index in [1.54, 1.807) is 12.1 Å². The Labute approximate surface area is 94.9 Å². The Morgan fingerprint density at radius 2 is 2.25 bits per heavy atom. The highest BCUT2D eigenvalue weighted by Gasteiger charge is 2.35. The quantitative estimate of drug-likeness (QED) is 0.832. The first kappa shape index (κ1) is 11.5. The summed E-state index contributed by atoms with van der Waals surface area (Å²) in [5, 5.41) is 3.12. The van der Waals surface area contributed by atoms with Crippen molar-refractivity contribution >= 4 is 0 Å². The van der Waals surface area contributed by atoms with Crippen LogP contribution in [-0.4, -0.2) is 12.6 Å². The van der Waals surface area contributed by atoms with Crippen molar-refractivity contribution in [3.05, 3.63) is 35.4 Å². The van der Waals surface area contributed by atoms with Gasteiger partial charge in [-0.25, -0.2) is 8.78 Å². The van der Waals surface area contributed by atoms with Gasteiger partial charge in [-0.15, -0.1) is 0 Å². The third-order valence-corrected chi connectivity index (χ3v) is 3.11. The summed E-state index contributed by atoms with van der Waals surface area (Å²) in [7, 11) is 0. The van der Waals surface area contributed by atoms with Crippen LogP contribution in [0.2, 0.25) is 0 Å². The van der Waals surface area contributed by atoms with Crippen molar-refractivity contribution in [2.45, 2.75) is 38.2 Å². The molecule has 1 aromatic carbocycles. The van der Waals surface area contributed by atoms with E-state index in [9.17, 15) is 8.78 Å². The second-order valence-corrected chi connectivity index (χ2v) is 4.57. The van der Waals surface area contributed by atoms with Crippen molar-refractivity contribution in [2.75, 3.05) is 6.54 Å². The van der Waals surface area contributed by atoms with E-state index in [2.05, 4.69) is 5.32 Å². The number of aryl methyl sites for hydroxylation is 1. The Morgan fingerprint density at radius 1 is 1.44 bits per heavy atom. The highest BCUT2D eigenvalue weighted by atomic mass is 19.3. The van der Waals surface area contributed by atoms with Gasteiger partial charge in [0, 0.05) is 18.0 Å². The van der Waals surface area contributed by atoms with Crippen LogP contribution in [0.5, 0.6) is 0 Å². The van der Waals surface area contributed by atoms with Crippen LogP contribution in [0, 0.1) is 6.92 Å². The zero-order valence-electron chi connectivity index (χ0n) is 9.47. The van der Waals surface area contributed by atoms with Crippen LogP contribution in [0.4, 0.5) is 8.78 Å². The molecular formula is C13H17F2N. The maximum atomic E-state index is 13.9. The van der Waals surface area contributed by atoms with Gasteiger partial charge in [-0.1, -0.05) is 29.8 Å². The minimum atomic E-state index is -2.71. The average molecular weight is 225 g/mol. The van der Waals surface area contributed by atoms with Gasteiger partial charge >= 0.3 is 0 Å². The fourth-order valence-electron chi connectivity index (χ4n) is 2.23. The number of hydrogen-bond donors (Lipinski definition) is 1. The van der Waals surface area contributed by atoms with Crippen LogP contribution in [-0.2, 0) is 5.92 Å². The predicted octanol–water partition coefficient (Wildman–Crippen LogP) is 3.23. The van der Waals surface area contributed by atoms with Crippen molar-refractivity contribution < 1.29 is 8.78 Å². The molecule has 1 aromatic rings. The molecule has 1 atom stereocenters. The normalized spacial score (nSPS) is 21.3. The number of halogens is 2. The Kier molecular flexibility index (Phi) is 3.24. The third-order valence-electron chi connectivity index (χ3n) is 3.11. The number of benzene rings is 1. The van der Waals surface area contributed by atoms with Gasteiger partial charge < -0.3 is 5.32 Å². The molecule has 1 nitrogen and oxygen atoms in total. The lowest BCUT2D eigenvalue weighted by Crippen LogP contribution is -2.29. The van der Waals surface area contributed by atoms with Crippen LogP contribution in [0.15, 0.2) is 24.3 Å². The zero-order chi connectivity index (χ0) is 11.6. The third kappa shape index (κ3) is 2.59. The molecule has 16 heavy (non-hydrogen) atoms. The monoisotopic (exact) mass is 225 g/mol. The Hall–Kier alpha value is -0.960. The molecule has 1 N–H and O–H groups in total. The topological polar surface area (TPSA) is 12.0 Å². The smallest absolute Gasteiger partial charge is 0.274 e. The lowest BCUT2D eigenvalue weighted by molar-refractivity contribution is -0.0213. The molecule has 0 aromatic heterocycles. The molecule has 0 aliphatic carbocycles. The van der Waals surface area contributed by atoms with E-state index in [-0.39, 0.29) is 18.0 Å². The highest BCUT2D eigenvalue weighted by Crippen LogP contribution is 2.34. The number of alkyl halides is 2. The maximum absolute atomic E-state index is 13.9. The Morgan fingerprint density at radius 3 is 2.88 bits per heavy atom. The summed E-state index contributed by atoms with van der Waals surface area (Å²) < 4.78 is 27.9. The van der Waals surface area contributed by atoms with Crippen LogP contribution < -0.4 is 5.32 Å². The van der Waals surface area contributed by atoms with E-state index in [0.717, 1.165) is 24.9 Å². The molecule has 1 fully saturated rings. The molecule has 1 aliphatic rings. The second-order valence-electron chi connectivity index (χ2n) is 4.57. The molecule has 0 saturated carbocycles. The van der Waals surface area contributed by atoms with Crippen molar-refractivity contribution in [3.63, 3.8) is 0 Å². The molecule has 0 radical (unpaired) electrons. The van der Waals surface area contributed by atoms with E-state index >= 15 is 0 Å². The standard InChI is InChI=1S/C13H17F2N/c1-10-4-2-5-11(8-10)13(14,15)9-12-6-3-7-16-12/h2,4-5,8,12,16H,3,6-7,9H2,1H3. The molecule has 1 aliphatic heterocycles. The van der Waals surface area contributed by atoms with Crippen molar-refractivity contribution in [3.8, 4) is 0 Å². The van der Waals surface area contributed by atoms with Gasteiger partial charge in [0.2, 0.25) is 0 Å². The van der Waals surface area contributed by atoms with Crippen LogP contribution in [0.1, 0.15) is 30.4 Å². The molecule has 0 amide bonds. The number of rotatable bonds is 3. The maximum Gasteiger partial charge on any atom is 0.274 e. The molecule has 88 valence electrons. The first-order valence-corrected chi connectivity index (χ1v) is 5.76. The summed E-state index contributed by atoms with van der Waals surface area (Å²) in [6.45, 7) is 2.71. The molecular weight excluding hydrogens is 208 g/mol. The first-order chi connectivity index (χ1) is 7.58. The zero-order valence-corrected chi connectivity index (χ0v) is 9.47. The first-order valence-electron chi connectivity index (χ1n) is 5.76. The SMILES string of the molecule is Cc1cccc(C(F)(F)CC2CCCN2)c1. The van der Waals surface area contributed by atoms with E-state index in [0.29, 0.717) is 0 Å². The fraction of sp³-hybridized carbons (Fsp3) is 0.538. The van der Waals surface area contributed by atoms with Gasteiger partial charge in [0.25, 0.3) is 5.92 Å². The van der Waals surface area contributed by atoms with Crippen molar-refractivity contribution in [1.29, 1.82) is 0 Å². The molecule has 1 heterocycles. The number of hydrogen-bond acceptors (Lipinski definition) is 1. The van der Waals surface area contributed by atoms with Gasteiger partial charge in [0.05, 0.1) is 0 Å². The van der Waals surface area contributed by atoms with Crippen molar-refractivity contribution in [2.24, 2.45) is 0 Å².